The van der Waals surface area contributed by atoms with Gasteiger partial charge in [0.2, 0.25) is 0 Å². The molecular weight excluding hydrogens is 263 g/mol. The second-order valence-corrected chi connectivity index (χ2v) is 4.95. The molecular formula is C15H16ClFN2. The van der Waals surface area contributed by atoms with Gasteiger partial charge < -0.3 is 5.32 Å². The van der Waals surface area contributed by atoms with Gasteiger partial charge in [0.25, 0.3) is 0 Å². The summed E-state index contributed by atoms with van der Waals surface area (Å²) in [6.45, 7) is 4.02. The third-order valence-corrected chi connectivity index (χ3v) is 3.38. The Morgan fingerprint density at radius 3 is 2.58 bits per heavy atom. The van der Waals surface area contributed by atoms with Crippen molar-refractivity contribution < 1.29 is 4.39 Å². The van der Waals surface area contributed by atoms with Crippen LogP contribution in [-0.2, 0) is 0 Å². The number of hydrogen-bond acceptors (Lipinski definition) is 2. The summed E-state index contributed by atoms with van der Waals surface area (Å²) < 4.78 is 13.4. The Kier molecular flexibility index (Phi) is 4.51. The van der Waals surface area contributed by atoms with E-state index in [1.54, 1.807) is 12.3 Å². The van der Waals surface area contributed by atoms with Gasteiger partial charge in [0.05, 0.1) is 10.7 Å². The first-order valence-electron chi connectivity index (χ1n) is 6.20. The van der Waals surface area contributed by atoms with Crippen LogP contribution in [-0.4, -0.2) is 4.98 Å². The summed E-state index contributed by atoms with van der Waals surface area (Å²) in [7, 11) is 0. The topological polar surface area (TPSA) is 24.9 Å². The number of nitrogens with one attached hydrogen (secondary N) is 1. The highest BCUT2D eigenvalue weighted by atomic mass is 35.5. The highest BCUT2D eigenvalue weighted by molar-refractivity contribution is 6.30. The fourth-order valence-electron chi connectivity index (χ4n) is 1.97. The molecule has 0 aliphatic rings. The molecule has 1 N–H and O–H groups in total. The van der Waals surface area contributed by atoms with Crippen LogP contribution < -0.4 is 5.32 Å². The predicted octanol–water partition coefficient (Wildman–Crippen LogP) is 4.29. The SMILES string of the molecule is CC(N[C@@H](C)c1ccccn1)c1ccc(Cl)c(F)c1. The van der Waals surface area contributed by atoms with Crippen molar-refractivity contribution >= 4 is 11.6 Å². The molecule has 0 radical (unpaired) electrons. The molecule has 0 aliphatic carbocycles. The molecule has 0 saturated carbocycles. The molecule has 100 valence electrons. The summed E-state index contributed by atoms with van der Waals surface area (Å²) in [6.07, 6.45) is 1.76. The first kappa shape index (κ1) is 14.0. The van der Waals surface area contributed by atoms with E-state index in [1.807, 2.05) is 38.1 Å². The lowest BCUT2D eigenvalue weighted by Crippen LogP contribution is -2.23. The van der Waals surface area contributed by atoms with E-state index in [0.717, 1.165) is 11.3 Å². The van der Waals surface area contributed by atoms with Gasteiger partial charge in [-0.1, -0.05) is 23.7 Å². The van der Waals surface area contributed by atoms with Crippen LogP contribution in [0.1, 0.15) is 37.2 Å². The maximum atomic E-state index is 13.4. The molecule has 0 fully saturated rings. The maximum absolute atomic E-state index is 13.4. The molecule has 0 saturated heterocycles. The number of pyridine rings is 1. The fraction of sp³-hybridized carbons (Fsp3) is 0.267. The van der Waals surface area contributed by atoms with Crippen LogP contribution in [0.5, 0.6) is 0 Å². The summed E-state index contributed by atoms with van der Waals surface area (Å²) in [5, 5.41) is 3.53. The smallest absolute Gasteiger partial charge is 0.142 e. The molecule has 2 aromatic rings. The van der Waals surface area contributed by atoms with Crippen molar-refractivity contribution in [3.63, 3.8) is 0 Å². The molecule has 2 rings (SSSR count). The first-order chi connectivity index (χ1) is 9.08. The van der Waals surface area contributed by atoms with Crippen LogP contribution in [0.2, 0.25) is 5.02 Å². The third-order valence-electron chi connectivity index (χ3n) is 3.08. The third kappa shape index (κ3) is 3.52. The number of halogens is 2. The Labute approximate surface area is 117 Å². The number of benzene rings is 1. The summed E-state index contributed by atoms with van der Waals surface area (Å²) in [5.74, 6) is -0.390. The van der Waals surface area contributed by atoms with Gasteiger partial charge in [0.15, 0.2) is 0 Å². The van der Waals surface area contributed by atoms with Gasteiger partial charge in [-0.2, -0.15) is 0 Å². The normalized spacial score (nSPS) is 14.1. The maximum Gasteiger partial charge on any atom is 0.142 e. The Morgan fingerprint density at radius 1 is 1.16 bits per heavy atom. The summed E-state index contributed by atoms with van der Waals surface area (Å²) in [6, 6.07) is 10.8. The van der Waals surface area contributed by atoms with Crippen molar-refractivity contribution in [2.45, 2.75) is 25.9 Å². The van der Waals surface area contributed by atoms with Crippen molar-refractivity contribution in [3.05, 3.63) is 64.7 Å². The molecule has 2 atom stereocenters. The standard InChI is InChI=1S/C15H16ClFN2/c1-10(12-6-7-13(16)14(17)9-12)19-11(2)15-5-3-4-8-18-15/h3-11,19H,1-2H3/t10?,11-/m0/s1. The number of rotatable bonds is 4. The minimum absolute atomic E-state index is 0.0174. The quantitative estimate of drug-likeness (QED) is 0.903. The van der Waals surface area contributed by atoms with Crippen molar-refractivity contribution in [3.8, 4) is 0 Å². The van der Waals surface area contributed by atoms with Gasteiger partial charge in [-0.3, -0.25) is 4.98 Å². The van der Waals surface area contributed by atoms with E-state index in [2.05, 4.69) is 10.3 Å². The summed E-state index contributed by atoms with van der Waals surface area (Å²) in [5.41, 5.74) is 1.83. The molecule has 1 heterocycles. The van der Waals surface area contributed by atoms with Gasteiger partial charge >= 0.3 is 0 Å². The van der Waals surface area contributed by atoms with Crippen LogP contribution in [0.15, 0.2) is 42.6 Å². The molecule has 1 unspecified atom stereocenters. The van der Waals surface area contributed by atoms with Gasteiger partial charge in [0, 0.05) is 18.3 Å². The highest BCUT2D eigenvalue weighted by Gasteiger charge is 2.13. The van der Waals surface area contributed by atoms with E-state index in [1.165, 1.54) is 6.07 Å². The van der Waals surface area contributed by atoms with E-state index < -0.39 is 5.82 Å². The van der Waals surface area contributed by atoms with Gasteiger partial charge in [-0.15, -0.1) is 0 Å². The van der Waals surface area contributed by atoms with Crippen LogP contribution in [0.4, 0.5) is 4.39 Å². The molecule has 1 aromatic heterocycles. The largest absolute Gasteiger partial charge is 0.302 e. The van der Waals surface area contributed by atoms with Crippen LogP contribution >= 0.6 is 11.6 Å². The van der Waals surface area contributed by atoms with Gasteiger partial charge in [-0.05, 0) is 43.7 Å². The van der Waals surface area contributed by atoms with E-state index in [-0.39, 0.29) is 17.1 Å². The zero-order valence-electron chi connectivity index (χ0n) is 10.9. The molecule has 0 aliphatic heterocycles. The minimum Gasteiger partial charge on any atom is -0.302 e. The van der Waals surface area contributed by atoms with Gasteiger partial charge in [0.1, 0.15) is 5.82 Å². The Hall–Kier alpha value is -1.45. The molecule has 0 bridgehead atoms. The van der Waals surface area contributed by atoms with Gasteiger partial charge in [-0.25, -0.2) is 4.39 Å². The lowest BCUT2D eigenvalue weighted by molar-refractivity contribution is 0.484. The van der Waals surface area contributed by atoms with E-state index in [4.69, 9.17) is 11.6 Å². The average Bonchev–Trinajstić information content (AvgIpc) is 2.42. The van der Waals surface area contributed by atoms with E-state index in [0.29, 0.717) is 0 Å². The lowest BCUT2D eigenvalue weighted by Gasteiger charge is -2.20. The van der Waals surface area contributed by atoms with Crippen molar-refractivity contribution in [2.75, 3.05) is 0 Å². The zero-order valence-corrected chi connectivity index (χ0v) is 11.7. The van der Waals surface area contributed by atoms with Crippen molar-refractivity contribution in [1.82, 2.24) is 10.3 Å². The Bertz CT molecular complexity index is 545. The summed E-state index contributed by atoms with van der Waals surface area (Å²) >= 11 is 5.68. The Morgan fingerprint density at radius 2 is 1.95 bits per heavy atom. The zero-order chi connectivity index (χ0) is 13.8. The monoisotopic (exact) mass is 278 g/mol. The van der Waals surface area contributed by atoms with Crippen LogP contribution in [0.3, 0.4) is 0 Å². The average molecular weight is 279 g/mol. The lowest BCUT2D eigenvalue weighted by atomic mass is 10.1. The first-order valence-corrected chi connectivity index (χ1v) is 6.57. The highest BCUT2D eigenvalue weighted by Crippen LogP contribution is 2.22. The number of hydrogen-bond donors (Lipinski definition) is 1. The van der Waals surface area contributed by atoms with Crippen LogP contribution in [0.25, 0.3) is 0 Å². The molecule has 1 aromatic carbocycles. The number of nitrogens with zero attached hydrogens (tertiary/aromatic N) is 1. The molecule has 19 heavy (non-hydrogen) atoms. The van der Waals surface area contributed by atoms with Crippen molar-refractivity contribution in [2.24, 2.45) is 0 Å². The molecule has 2 nitrogen and oxygen atoms in total. The van der Waals surface area contributed by atoms with Crippen molar-refractivity contribution in [1.29, 1.82) is 0 Å². The van der Waals surface area contributed by atoms with E-state index >= 15 is 0 Å². The second kappa shape index (κ2) is 6.13. The second-order valence-electron chi connectivity index (χ2n) is 4.54. The number of aromatic nitrogens is 1. The predicted molar refractivity (Wildman–Crippen MR) is 75.6 cm³/mol. The van der Waals surface area contributed by atoms with Crippen LogP contribution in [0, 0.1) is 5.82 Å². The fourth-order valence-corrected chi connectivity index (χ4v) is 2.09. The van der Waals surface area contributed by atoms with E-state index in [9.17, 15) is 4.39 Å². The molecule has 0 spiro atoms. The summed E-state index contributed by atoms with van der Waals surface area (Å²) in [4.78, 5) is 4.30. The molecule has 4 heteroatoms. The minimum atomic E-state index is -0.390. The molecule has 0 amide bonds. The Balaban J connectivity index is 2.08.